The molecule has 23 heavy (non-hydrogen) atoms. The van der Waals surface area contributed by atoms with Gasteiger partial charge in [0.05, 0.1) is 0 Å². The quantitative estimate of drug-likeness (QED) is 0.784. The van der Waals surface area contributed by atoms with Crippen LogP contribution in [0.3, 0.4) is 0 Å². The summed E-state index contributed by atoms with van der Waals surface area (Å²) in [6.45, 7) is 4.35. The molecular formula is C19H24N2O2. The van der Waals surface area contributed by atoms with Crippen LogP contribution in [0.4, 0.5) is 4.79 Å². The smallest absolute Gasteiger partial charge is 0.309 e. The van der Waals surface area contributed by atoms with Crippen LogP contribution in [0.2, 0.25) is 0 Å². The minimum Gasteiger partial charge on any atom is -0.309 e. The minimum atomic E-state index is -0.300. The zero-order valence-electron chi connectivity index (χ0n) is 13.8. The van der Waals surface area contributed by atoms with E-state index < -0.39 is 0 Å². The molecule has 2 saturated carbocycles. The number of hydrogen-bond acceptors (Lipinski definition) is 2. The van der Waals surface area contributed by atoms with Crippen molar-refractivity contribution in [3.05, 3.63) is 35.9 Å². The fourth-order valence-corrected chi connectivity index (χ4v) is 3.94. The molecule has 0 spiro atoms. The van der Waals surface area contributed by atoms with Gasteiger partial charge in [0.2, 0.25) is 0 Å². The number of amides is 3. The van der Waals surface area contributed by atoms with Gasteiger partial charge in [-0.15, -0.1) is 0 Å². The maximum atomic E-state index is 13.0. The first-order valence-corrected chi connectivity index (χ1v) is 8.77. The Labute approximate surface area is 137 Å². The average molecular weight is 312 g/mol. The van der Waals surface area contributed by atoms with Gasteiger partial charge < -0.3 is 4.90 Å². The van der Waals surface area contributed by atoms with E-state index in [0.29, 0.717) is 18.3 Å². The lowest BCUT2D eigenvalue weighted by atomic mass is 10.0. The highest BCUT2D eigenvalue weighted by molar-refractivity contribution is 6.05. The molecule has 2 aliphatic carbocycles. The lowest BCUT2D eigenvalue weighted by Crippen LogP contribution is -2.38. The summed E-state index contributed by atoms with van der Waals surface area (Å²) in [6.07, 6.45) is 3.69. The van der Waals surface area contributed by atoms with Gasteiger partial charge in [-0.05, 0) is 36.7 Å². The summed E-state index contributed by atoms with van der Waals surface area (Å²) in [4.78, 5) is 29.3. The van der Waals surface area contributed by atoms with E-state index in [9.17, 15) is 9.59 Å². The van der Waals surface area contributed by atoms with Crippen LogP contribution >= 0.6 is 0 Å². The second-order valence-electron chi connectivity index (χ2n) is 7.55. The first kappa shape index (κ1) is 14.7. The predicted molar refractivity (Wildman–Crippen MR) is 87.8 cm³/mol. The van der Waals surface area contributed by atoms with Crippen molar-refractivity contribution in [2.45, 2.75) is 57.7 Å². The Bertz CT molecular complexity index is 624. The topological polar surface area (TPSA) is 40.6 Å². The number of nitrogens with zero attached hydrogens (tertiary/aromatic N) is 2. The zero-order chi connectivity index (χ0) is 16.1. The molecule has 1 saturated heterocycles. The third-order valence-corrected chi connectivity index (χ3v) is 5.49. The van der Waals surface area contributed by atoms with Crippen LogP contribution in [0, 0.1) is 11.8 Å². The van der Waals surface area contributed by atoms with E-state index in [1.54, 1.807) is 4.90 Å². The molecule has 3 amide bonds. The van der Waals surface area contributed by atoms with E-state index in [-0.39, 0.29) is 30.1 Å². The molecular weight excluding hydrogens is 288 g/mol. The average Bonchev–Trinajstić information content (AvgIpc) is 3.42. The number of urea groups is 1. The van der Waals surface area contributed by atoms with Crippen molar-refractivity contribution in [2.75, 3.05) is 0 Å². The summed E-state index contributed by atoms with van der Waals surface area (Å²) >= 11 is 0. The highest BCUT2D eigenvalue weighted by Gasteiger charge is 2.57. The van der Waals surface area contributed by atoms with Gasteiger partial charge in [0.25, 0.3) is 5.91 Å². The molecule has 3 fully saturated rings. The summed E-state index contributed by atoms with van der Waals surface area (Å²) in [7, 11) is 0. The van der Waals surface area contributed by atoms with Crippen LogP contribution in [0.25, 0.3) is 0 Å². The fraction of sp³-hybridized carbons (Fsp3) is 0.579. The third kappa shape index (κ3) is 2.54. The van der Waals surface area contributed by atoms with E-state index in [1.807, 2.05) is 35.2 Å². The molecule has 3 aliphatic rings. The second-order valence-corrected chi connectivity index (χ2v) is 7.55. The first-order chi connectivity index (χ1) is 11.1. The van der Waals surface area contributed by atoms with Gasteiger partial charge in [0, 0.05) is 18.5 Å². The Kier molecular flexibility index (Phi) is 3.43. The van der Waals surface area contributed by atoms with Gasteiger partial charge >= 0.3 is 6.03 Å². The summed E-state index contributed by atoms with van der Waals surface area (Å²) in [5.41, 5.74) is 1.13. The Morgan fingerprint density at radius 3 is 2.39 bits per heavy atom. The first-order valence-electron chi connectivity index (χ1n) is 8.77. The summed E-state index contributed by atoms with van der Waals surface area (Å²) in [5, 5.41) is 0. The van der Waals surface area contributed by atoms with Crippen molar-refractivity contribution in [3.63, 3.8) is 0 Å². The van der Waals surface area contributed by atoms with Gasteiger partial charge in [-0.3, -0.25) is 9.69 Å². The molecule has 1 unspecified atom stereocenters. The third-order valence-electron chi connectivity index (χ3n) is 5.49. The van der Waals surface area contributed by atoms with Gasteiger partial charge in [-0.2, -0.15) is 0 Å². The van der Waals surface area contributed by atoms with Crippen LogP contribution in [0.5, 0.6) is 0 Å². The maximum absolute atomic E-state index is 13.0. The van der Waals surface area contributed by atoms with Crippen molar-refractivity contribution in [3.8, 4) is 0 Å². The van der Waals surface area contributed by atoms with Gasteiger partial charge in [0.15, 0.2) is 0 Å². The van der Waals surface area contributed by atoms with E-state index in [1.165, 1.54) is 0 Å². The monoisotopic (exact) mass is 312 g/mol. The molecule has 3 atom stereocenters. The Balaban J connectivity index is 1.57. The van der Waals surface area contributed by atoms with Crippen molar-refractivity contribution in [2.24, 2.45) is 11.8 Å². The molecule has 1 heterocycles. The van der Waals surface area contributed by atoms with Crippen molar-refractivity contribution in [1.82, 2.24) is 9.80 Å². The molecule has 0 bridgehead atoms. The standard InChI is InChI=1S/C19H24N2O2/c1-12(2)15-11-16(15)21-18(22)17(10-13-6-4-3-5-7-13)20(19(21)23)14-8-9-14/h3-7,12,14-17H,8-11H2,1-2H3/t15-,16+,17?/m0/s1. The largest absolute Gasteiger partial charge is 0.327 e. The van der Waals surface area contributed by atoms with Crippen LogP contribution in [-0.4, -0.2) is 39.9 Å². The number of carbonyl (C=O) groups is 2. The molecule has 4 nitrogen and oxygen atoms in total. The molecule has 0 N–H and O–H groups in total. The molecule has 0 radical (unpaired) electrons. The van der Waals surface area contributed by atoms with Crippen LogP contribution < -0.4 is 0 Å². The number of benzene rings is 1. The van der Waals surface area contributed by atoms with Gasteiger partial charge in [0.1, 0.15) is 6.04 Å². The Hall–Kier alpha value is -1.84. The van der Waals surface area contributed by atoms with E-state index in [0.717, 1.165) is 24.8 Å². The Morgan fingerprint density at radius 2 is 1.83 bits per heavy atom. The highest BCUT2D eigenvalue weighted by Crippen LogP contribution is 2.45. The number of imide groups is 1. The Morgan fingerprint density at radius 1 is 1.13 bits per heavy atom. The molecule has 1 aliphatic heterocycles. The molecule has 1 aromatic carbocycles. The molecule has 4 heteroatoms. The van der Waals surface area contributed by atoms with Gasteiger partial charge in [-0.1, -0.05) is 44.2 Å². The molecule has 0 aromatic heterocycles. The van der Waals surface area contributed by atoms with Crippen LogP contribution in [0.1, 0.15) is 38.7 Å². The van der Waals surface area contributed by atoms with Crippen molar-refractivity contribution < 1.29 is 9.59 Å². The van der Waals surface area contributed by atoms with Crippen LogP contribution in [-0.2, 0) is 11.2 Å². The summed E-state index contributed by atoms with van der Waals surface area (Å²) in [5.74, 6) is 1.04. The van der Waals surface area contributed by atoms with E-state index >= 15 is 0 Å². The second kappa shape index (κ2) is 5.36. The lowest BCUT2D eigenvalue weighted by Gasteiger charge is -2.21. The van der Waals surface area contributed by atoms with Crippen molar-refractivity contribution in [1.29, 1.82) is 0 Å². The summed E-state index contributed by atoms with van der Waals surface area (Å²) in [6, 6.07) is 10.1. The SMILES string of the molecule is CC(C)[C@@H]1C[C@H]1N1C(=O)C(Cc2ccccc2)N(C2CC2)C1=O. The minimum absolute atomic E-state index is 0.0268. The number of carbonyl (C=O) groups excluding carboxylic acids is 2. The fourth-order valence-electron chi connectivity index (χ4n) is 3.94. The van der Waals surface area contributed by atoms with E-state index in [2.05, 4.69) is 13.8 Å². The lowest BCUT2D eigenvalue weighted by molar-refractivity contribution is -0.128. The van der Waals surface area contributed by atoms with E-state index in [4.69, 9.17) is 0 Å². The maximum Gasteiger partial charge on any atom is 0.327 e. The highest BCUT2D eigenvalue weighted by atomic mass is 16.2. The molecule has 1 aromatic rings. The predicted octanol–water partition coefficient (Wildman–Crippen LogP) is 3.07. The zero-order valence-corrected chi connectivity index (χ0v) is 13.8. The number of hydrogen-bond donors (Lipinski definition) is 0. The molecule has 4 rings (SSSR count). The van der Waals surface area contributed by atoms with Gasteiger partial charge in [-0.25, -0.2) is 4.79 Å². The van der Waals surface area contributed by atoms with Crippen molar-refractivity contribution >= 4 is 11.9 Å². The normalized spacial score (nSPS) is 30.5. The summed E-state index contributed by atoms with van der Waals surface area (Å²) < 4.78 is 0. The molecule has 122 valence electrons. The van der Waals surface area contributed by atoms with Crippen LogP contribution in [0.15, 0.2) is 30.3 Å². The number of rotatable bonds is 5.